The summed E-state index contributed by atoms with van der Waals surface area (Å²) >= 11 is 6.10. The van der Waals surface area contributed by atoms with E-state index in [9.17, 15) is 0 Å². The van der Waals surface area contributed by atoms with Crippen molar-refractivity contribution in [3.8, 4) is 0 Å². The van der Waals surface area contributed by atoms with Crippen LogP contribution in [0.25, 0.3) is 0 Å². The molecule has 1 nitrogen and oxygen atoms in total. The van der Waals surface area contributed by atoms with Crippen LogP contribution in [0.2, 0.25) is 0 Å². The zero-order valence-electron chi connectivity index (χ0n) is 12.8. The Morgan fingerprint density at radius 1 is 1.24 bits per heavy atom. The molecule has 0 aromatic heterocycles. The molecular weight excluding hydrogens is 437 g/mol. The van der Waals surface area contributed by atoms with Gasteiger partial charge in [0.1, 0.15) is 0 Å². The Morgan fingerprint density at radius 2 is 2.05 bits per heavy atom. The number of hydrogen-bond donors (Lipinski definition) is 1. The van der Waals surface area contributed by atoms with Crippen molar-refractivity contribution in [2.24, 2.45) is 0 Å². The van der Waals surface area contributed by atoms with Crippen molar-refractivity contribution in [2.75, 3.05) is 6.54 Å². The first-order chi connectivity index (χ1) is 10.2. The maximum atomic E-state index is 3.78. The van der Waals surface area contributed by atoms with Crippen LogP contribution in [0, 0.1) is 3.57 Å². The van der Waals surface area contributed by atoms with Crippen molar-refractivity contribution >= 4 is 38.5 Å². The molecule has 2 rings (SSSR count). The Balaban J connectivity index is 2.29. The van der Waals surface area contributed by atoms with Crippen LogP contribution in [-0.2, 0) is 0 Å². The highest BCUT2D eigenvalue weighted by molar-refractivity contribution is 14.1. The summed E-state index contributed by atoms with van der Waals surface area (Å²) in [6.07, 6.45) is 11.6. The van der Waals surface area contributed by atoms with Gasteiger partial charge in [0.2, 0.25) is 0 Å². The van der Waals surface area contributed by atoms with E-state index in [-0.39, 0.29) is 0 Å². The monoisotopic (exact) mass is 461 g/mol. The zero-order valence-corrected chi connectivity index (χ0v) is 16.5. The third-order valence-electron chi connectivity index (χ3n) is 4.06. The van der Waals surface area contributed by atoms with E-state index in [4.69, 9.17) is 0 Å². The molecule has 0 aliphatic heterocycles. The van der Waals surface area contributed by atoms with Crippen molar-refractivity contribution < 1.29 is 0 Å². The first kappa shape index (κ1) is 17.5. The minimum absolute atomic E-state index is 0.382. The van der Waals surface area contributed by atoms with E-state index in [0.29, 0.717) is 6.04 Å². The molecule has 1 atom stereocenters. The lowest BCUT2D eigenvalue weighted by Gasteiger charge is -2.25. The Bertz CT molecular complexity index is 484. The molecule has 1 aliphatic rings. The smallest absolute Gasteiger partial charge is 0.0546 e. The van der Waals surface area contributed by atoms with E-state index in [1.165, 1.54) is 58.6 Å². The summed E-state index contributed by atoms with van der Waals surface area (Å²) in [7, 11) is 0. The van der Waals surface area contributed by atoms with Gasteiger partial charge in [-0.1, -0.05) is 47.3 Å². The van der Waals surface area contributed by atoms with E-state index >= 15 is 0 Å². The molecule has 0 bridgehead atoms. The second-order valence-corrected chi connectivity index (χ2v) is 7.86. The van der Waals surface area contributed by atoms with Crippen LogP contribution in [-0.4, -0.2) is 6.54 Å². The summed E-state index contributed by atoms with van der Waals surface area (Å²) in [4.78, 5) is 0. The van der Waals surface area contributed by atoms with E-state index in [2.05, 4.69) is 75.0 Å². The molecule has 0 heterocycles. The maximum absolute atomic E-state index is 3.78. The van der Waals surface area contributed by atoms with Crippen molar-refractivity contribution in [2.45, 2.75) is 57.9 Å². The van der Waals surface area contributed by atoms with E-state index in [0.717, 1.165) is 6.54 Å². The Kier molecular flexibility index (Phi) is 7.75. The van der Waals surface area contributed by atoms with Crippen LogP contribution in [0.5, 0.6) is 0 Å². The third-order valence-corrected chi connectivity index (χ3v) is 5.54. The van der Waals surface area contributed by atoms with Crippen LogP contribution in [0.4, 0.5) is 0 Å². The van der Waals surface area contributed by atoms with Crippen LogP contribution in [0.15, 0.2) is 34.3 Å². The first-order valence-corrected chi connectivity index (χ1v) is 9.96. The predicted molar refractivity (Wildman–Crippen MR) is 104 cm³/mol. The van der Waals surface area contributed by atoms with E-state index in [1.807, 2.05) is 0 Å². The largest absolute Gasteiger partial charge is 0.307 e. The van der Waals surface area contributed by atoms with Crippen molar-refractivity contribution in [1.82, 2.24) is 5.32 Å². The molecule has 0 saturated carbocycles. The molecule has 1 aromatic carbocycles. The van der Waals surface area contributed by atoms with E-state index < -0.39 is 0 Å². The lowest BCUT2D eigenvalue weighted by Crippen LogP contribution is -2.25. The summed E-state index contributed by atoms with van der Waals surface area (Å²) in [6, 6.07) is 7.01. The van der Waals surface area contributed by atoms with Crippen molar-refractivity contribution in [3.63, 3.8) is 0 Å². The molecule has 1 aromatic rings. The molecule has 0 spiro atoms. The molecule has 3 heteroatoms. The Morgan fingerprint density at radius 3 is 2.86 bits per heavy atom. The molecule has 1 unspecified atom stereocenters. The van der Waals surface area contributed by atoms with Crippen LogP contribution in [0.3, 0.4) is 0 Å². The Labute approximate surface area is 151 Å². The summed E-state index contributed by atoms with van der Waals surface area (Å²) in [5, 5.41) is 3.78. The highest BCUT2D eigenvalue weighted by atomic mass is 127. The number of hydrogen-bond acceptors (Lipinski definition) is 1. The van der Waals surface area contributed by atoms with Gasteiger partial charge in [0.25, 0.3) is 0 Å². The van der Waals surface area contributed by atoms with Gasteiger partial charge >= 0.3 is 0 Å². The summed E-state index contributed by atoms with van der Waals surface area (Å²) in [5.74, 6) is 0. The fourth-order valence-corrected chi connectivity index (χ4v) is 3.97. The van der Waals surface area contributed by atoms with Gasteiger partial charge in [0.15, 0.2) is 0 Å². The second kappa shape index (κ2) is 9.31. The number of halogens is 2. The topological polar surface area (TPSA) is 12.0 Å². The molecule has 1 N–H and O–H groups in total. The fraction of sp³-hybridized carbons (Fsp3) is 0.556. The third kappa shape index (κ3) is 5.36. The normalized spacial score (nSPS) is 20.2. The van der Waals surface area contributed by atoms with Gasteiger partial charge in [-0.2, -0.15) is 0 Å². The summed E-state index contributed by atoms with van der Waals surface area (Å²) in [5.41, 5.74) is 3.02. The first-order valence-electron chi connectivity index (χ1n) is 8.09. The van der Waals surface area contributed by atoms with Gasteiger partial charge < -0.3 is 5.32 Å². The van der Waals surface area contributed by atoms with Gasteiger partial charge in [-0.15, -0.1) is 0 Å². The number of nitrogens with one attached hydrogen (secondary N) is 1. The molecule has 0 amide bonds. The number of rotatable bonds is 5. The number of benzene rings is 1. The van der Waals surface area contributed by atoms with Crippen LogP contribution in [0.1, 0.15) is 63.5 Å². The quantitative estimate of drug-likeness (QED) is 0.396. The highest BCUT2D eigenvalue weighted by Gasteiger charge is 2.19. The molecule has 0 fully saturated rings. The van der Waals surface area contributed by atoms with Gasteiger partial charge in [0.05, 0.1) is 6.04 Å². The minimum atomic E-state index is 0.382. The van der Waals surface area contributed by atoms with Gasteiger partial charge in [-0.05, 0) is 85.0 Å². The van der Waals surface area contributed by atoms with Crippen LogP contribution >= 0.6 is 38.5 Å². The average molecular weight is 462 g/mol. The van der Waals surface area contributed by atoms with E-state index in [1.54, 1.807) is 5.57 Å². The molecule has 21 heavy (non-hydrogen) atoms. The molecule has 0 saturated heterocycles. The highest BCUT2D eigenvalue weighted by Crippen LogP contribution is 2.33. The lowest BCUT2D eigenvalue weighted by atomic mass is 9.91. The average Bonchev–Trinajstić information content (AvgIpc) is 2.44. The summed E-state index contributed by atoms with van der Waals surface area (Å²) in [6.45, 7) is 3.31. The molecule has 116 valence electrons. The van der Waals surface area contributed by atoms with Gasteiger partial charge in [-0.3, -0.25) is 0 Å². The standard InChI is InChI=1S/C18H25BrIN/c1-2-12-21-18(14-8-6-4-3-5-7-9-14)16-13-15(19)10-11-17(16)20/h8,10-11,13,18,21H,2-7,9,12H2,1H3/b14-8+. The fourth-order valence-electron chi connectivity index (χ4n) is 2.94. The van der Waals surface area contributed by atoms with Crippen molar-refractivity contribution in [3.05, 3.63) is 43.5 Å². The zero-order chi connectivity index (χ0) is 15.1. The number of allylic oxidation sites excluding steroid dienone is 1. The second-order valence-electron chi connectivity index (χ2n) is 5.78. The van der Waals surface area contributed by atoms with Crippen LogP contribution < -0.4 is 5.32 Å². The van der Waals surface area contributed by atoms with Gasteiger partial charge in [-0.25, -0.2) is 0 Å². The molecular formula is C18H25BrIN. The molecule has 0 radical (unpaired) electrons. The Hall–Kier alpha value is 0.130. The van der Waals surface area contributed by atoms with Crippen molar-refractivity contribution in [1.29, 1.82) is 0 Å². The maximum Gasteiger partial charge on any atom is 0.0546 e. The predicted octanol–water partition coefficient (Wildman–Crippen LogP) is 6.38. The molecule has 1 aliphatic carbocycles. The lowest BCUT2D eigenvalue weighted by molar-refractivity contribution is 0.539. The SMILES string of the molecule is CCCNC(/C1=C/CCCCCC1)c1cc(Br)ccc1I. The minimum Gasteiger partial charge on any atom is -0.307 e. The van der Waals surface area contributed by atoms with Gasteiger partial charge in [0, 0.05) is 8.04 Å². The summed E-state index contributed by atoms with van der Waals surface area (Å²) < 4.78 is 2.53.